The highest BCUT2D eigenvalue weighted by atomic mass is 16.7. The maximum absolute atomic E-state index is 12.8. The van der Waals surface area contributed by atoms with Gasteiger partial charge in [-0.15, -0.1) is 0 Å². The molecule has 2 fully saturated rings. The van der Waals surface area contributed by atoms with Crippen LogP contribution in [0.5, 0.6) is 0 Å². The SMILES string of the molecule is N#Cc1cncc([C@@H]2CCON2C(=O)C2CCCNCC2)c1. The second-order valence-electron chi connectivity index (χ2n) is 5.80. The summed E-state index contributed by atoms with van der Waals surface area (Å²) in [5.74, 6) is 0.0799. The monoisotopic (exact) mass is 300 g/mol. The van der Waals surface area contributed by atoms with Crippen LogP contribution in [-0.2, 0) is 9.63 Å². The molecule has 0 bridgehead atoms. The van der Waals surface area contributed by atoms with Gasteiger partial charge in [0.1, 0.15) is 6.07 Å². The van der Waals surface area contributed by atoms with Crippen molar-refractivity contribution < 1.29 is 9.63 Å². The maximum atomic E-state index is 12.8. The average molecular weight is 300 g/mol. The molecule has 0 aliphatic carbocycles. The van der Waals surface area contributed by atoms with Gasteiger partial charge in [-0.25, -0.2) is 5.06 Å². The van der Waals surface area contributed by atoms with Gasteiger partial charge in [0.05, 0.1) is 18.2 Å². The number of nitrogens with zero attached hydrogens (tertiary/aromatic N) is 3. The molecular weight excluding hydrogens is 280 g/mol. The molecule has 3 heterocycles. The zero-order valence-electron chi connectivity index (χ0n) is 12.5. The summed E-state index contributed by atoms with van der Waals surface area (Å²) in [6, 6.07) is 3.75. The fourth-order valence-corrected chi connectivity index (χ4v) is 3.14. The van der Waals surface area contributed by atoms with Crippen molar-refractivity contribution in [3.05, 3.63) is 29.6 Å². The van der Waals surface area contributed by atoms with Gasteiger partial charge < -0.3 is 5.32 Å². The van der Waals surface area contributed by atoms with E-state index in [1.807, 2.05) is 0 Å². The molecule has 6 heteroatoms. The summed E-state index contributed by atoms with van der Waals surface area (Å²) in [6.07, 6.45) is 6.75. The van der Waals surface area contributed by atoms with E-state index in [4.69, 9.17) is 10.1 Å². The first kappa shape index (κ1) is 14.9. The summed E-state index contributed by atoms with van der Waals surface area (Å²) in [5, 5.41) is 13.9. The van der Waals surface area contributed by atoms with E-state index in [9.17, 15) is 4.79 Å². The number of nitriles is 1. The summed E-state index contributed by atoms with van der Waals surface area (Å²) < 4.78 is 0. The van der Waals surface area contributed by atoms with Crippen LogP contribution in [0, 0.1) is 17.2 Å². The van der Waals surface area contributed by atoms with Crippen molar-refractivity contribution in [1.82, 2.24) is 15.4 Å². The molecule has 1 aromatic heterocycles. The molecule has 2 aliphatic rings. The second-order valence-corrected chi connectivity index (χ2v) is 5.80. The van der Waals surface area contributed by atoms with Crippen LogP contribution >= 0.6 is 0 Å². The first-order valence-corrected chi connectivity index (χ1v) is 7.81. The predicted octanol–water partition coefficient (Wildman–Crippen LogP) is 1.55. The minimum Gasteiger partial charge on any atom is -0.317 e. The van der Waals surface area contributed by atoms with Gasteiger partial charge in [0.2, 0.25) is 5.91 Å². The van der Waals surface area contributed by atoms with Gasteiger partial charge in [0.25, 0.3) is 0 Å². The van der Waals surface area contributed by atoms with Gasteiger partial charge in [0.15, 0.2) is 0 Å². The van der Waals surface area contributed by atoms with Gasteiger partial charge >= 0.3 is 0 Å². The van der Waals surface area contributed by atoms with Crippen molar-refractivity contribution in [1.29, 1.82) is 5.26 Å². The number of pyridine rings is 1. The van der Waals surface area contributed by atoms with E-state index in [2.05, 4.69) is 16.4 Å². The third-order valence-electron chi connectivity index (χ3n) is 4.32. The fourth-order valence-electron chi connectivity index (χ4n) is 3.14. The van der Waals surface area contributed by atoms with Crippen molar-refractivity contribution in [2.75, 3.05) is 19.7 Å². The molecule has 1 aromatic rings. The second kappa shape index (κ2) is 6.86. The van der Waals surface area contributed by atoms with E-state index >= 15 is 0 Å². The normalized spacial score (nSPS) is 25.5. The molecule has 0 spiro atoms. The molecule has 3 rings (SSSR count). The number of nitrogens with one attached hydrogen (secondary N) is 1. The summed E-state index contributed by atoms with van der Waals surface area (Å²) >= 11 is 0. The Kier molecular flexibility index (Phi) is 4.66. The molecule has 0 aromatic carbocycles. The zero-order chi connectivity index (χ0) is 15.4. The number of hydrogen-bond donors (Lipinski definition) is 1. The van der Waals surface area contributed by atoms with Crippen LogP contribution in [0.2, 0.25) is 0 Å². The van der Waals surface area contributed by atoms with Gasteiger partial charge in [-0.3, -0.25) is 14.6 Å². The molecule has 0 saturated carbocycles. The van der Waals surface area contributed by atoms with Crippen molar-refractivity contribution in [3.63, 3.8) is 0 Å². The van der Waals surface area contributed by atoms with Gasteiger partial charge in [0, 0.05) is 24.7 Å². The Bertz CT molecular complexity index is 576. The van der Waals surface area contributed by atoms with Crippen LogP contribution < -0.4 is 5.32 Å². The number of aromatic nitrogens is 1. The molecule has 2 saturated heterocycles. The third kappa shape index (κ3) is 3.11. The number of hydrogen-bond acceptors (Lipinski definition) is 5. The number of hydroxylamine groups is 2. The van der Waals surface area contributed by atoms with E-state index in [1.54, 1.807) is 12.3 Å². The van der Waals surface area contributed by atoms with Crippen LogP contribution in [0.3, 0.4) is 0 Å². The van der Waals surface area contributed by atoms with E-state index in [0.717, 1.165) is 44.3 Å². The lowest BCUT2D eigenvalue weighted by Gasteiger charge is -2.26. The molecule has 1 amide bonds. The highest BCUT2D eigenvalue weighted by molar-refractivity contribution is 5.78. The molecule has 6 nitrogen and oxygen atoms in total. The van der Waals surface area contributed by atoms with E-state index < -0.39 is 0 Å². The number of amides is 1. The molecule has 1 unspecified atom stereocenters. The smallest absolute Gasteiger partial charge is 0.249 e. The standard InChI is InChI=1S/C16H20N4O2/c17-9-12-8-14(11-19-10-12)15-4-7-22-20(15)16(21)13-2-1-5-18-6-3-13/h8,10-11,13,15,18H,1-7H2/t13?,15-/m0/s1. The number of carbonyl (C=O) groups excluding carboxylic acids is 1. The number of rotatable bonds is 2. The Labute approximate surface area is 130 Å². The highest BCUT2D eigenvalue weighted by Crippen LogP contribution is 2.33. The highest BCUT2D eigenvalue weighted by Gasteiger charge is 2.35. The van der Waals surface area contributed by atoms with Gasteiger partial charge in [-0.1, -0.05) is 0 Å². The van der Waals surface area contributed by atoms with Gasteiger partial charge in [-0.2, -0.15) is 5.26 Å². The summed E-state index contributed by atoms with van der Waals surface area (Å²) in [5.41, 5.74) is 1.38. The Morgan fingerprint density at radius 2 is 2.27 bits per heavy atom. The Morgan fingerprint density at radius 1 is 1.36 bits per heavy atom. The largest absolute Gasteiger partial charge is 0.317 e. The first-order valence-electron chi connectivity index (χ1n) is 7.81. The lowest BCUT2D eigenvalue weighted by atomic mass is 9.98. The fraction of sp³-hybridized carbons (Fsp3) is 0.562. The van der Waals surface area contributed by atoms with Gasteiger partial charge in [-0.05, 0) is 44.0 Å². The van der Waals surface area contributed by atoms with Crippen molar-refractivity contribution in [2.24, 2.45) is 5.92 Å². The van der Waals surface area contributed by atoms with Crippen LogP contribution in [-0.4, -0.2) is 35.7 Å². The third-order valence-corrected chi connectivity index (χ3v) is 4.32. The van der Waals surface area contributed by atoms with Crippen molar-refractivity contribution in [3.8, 4) is 6.07 Å². The first-order chi connectivity index (χ1) is 10.8. The Hall–Kier alpha value is -1.97. The summed E-state index contributed by atoms with van der Waals surface area (Å²) in [7, 11) is 0. The zero-order valence-corrected chi connectivity index (χ0v) is 12.5. The van der Waals surface area contributed by atoms with E-state index in [1.165, 1.54) is 11.3 Å². The Balaban J connectivity index is 1.77. The van der Waals surface area contributed by atoms with Crippen molar-refractivity contribution in [2.45, 2.75) is 31.7 Å². The maximum Gasteiger partial charge on any atom is 0.249 e. The van der Waals surface area contributed by atoms with Crippen molar-refractivity contribution >= 4 is 5.91 Å². The summed E-state index contributed by atoms with van der Waals surface area (Å²) in [6.45, 7) is 2.38. The van der Waals surface area contributed by atoms with Crippen LogP contribution in [0.25, 0.3) is 0 Å². The molecule has 2 aliphatic heterocycles. The Morgan fingerprint density at radius 3 is 3.14 bits per heavy atom. The topological polar surface area (TPSA) is 78.2 Å². The van der Waals surface area contributed by atoms with E-state index in [-0.39, 0.29) is 17.9 Å². The molecule has 2 atom stereocenters. The molecule has 0 radical (unpaired) electrons. The van der Waals surface area contributed by atoms with Crippen LogP contribution in [0.15, 0.2) is 18.5 Å². The molecule has 116 valence electrons. The van der Waals surface area contributed by atoms with Crippen LogP contribution in [0.1, 0.15) is 42.9 Å². The molecule has 22 heavy (non-hydrogen) atoms. The van der Waals surface area contributed by atoms with Crippen LogP contribution in [0.4, 0.5) is 0 Å². The molecular formula is C16H20N4O2. The summed E-state index contributed by atoms with van der Waals surface area (Å²) in [4.78, 5) is 22.5. The van der Waals surface area contributed by atoms with E-state index in [0.29, 0.717) is 12.2 Å². The molecule has 1 N–H and O–H groups in total. The average Bonchev–Trinajstić information content (AvgIpc) is 2.89. The minimum absolute atomic E-state index is 0.0164. The predicted molar refractivity (Wildman–Crippen MR) is 79.3 cm³/mol. The minimum atomic E-state index is -0.135. The number of carbonyl (C=O) groups is 1. The lowest BCUT2D eigenvalue weighted by molar-refractivity contribution is -0.182. The lowest BCUT2D eigenvalue weighted by Crippen LogP contribution is -2.35. The quantitative estimate of drug-likeness (QED) is 0.896.